The largest absolute Gasteiger partial charge is 0.390 e. The van der Waals surface area contributed by atoms with Gasteiger partial charge in [0.25, 0.3) is 0 Å². The van der Waals surface area contributed by atoms with Crippen LogP contribution in [0, 0.1) is 6.92 Å². The molecule has 1 aliphatic rings. The highest BCUT2D eigenvalue weighted by Gasteiger charge is 2.28. The average molecular weight is 326 g/mol. The number of hydrogen-bond donors (Lipinski definition) is 3. The molecule has 5 nitrogen and oxygen atoms in total. The Morgan fingerprint density at radius 1 is 1.08 bits per heavy atom. The highest BCUT2D eigenvalue weighted by Crippen LogP contribution is 2.24. The Hall–Kier alpha value is -2.37. The van der Waals surface area contributed by atoms with E-state index < -0.39 is 12.2 Å². The van der Waals surface area contributed by atoms with Crippen LogP contribution in [-0.4, -0.2) is 46.4 Å². The number of nitrogens with one attached hydrogen (secondary N) is 1. The summed E-state index contributed by atoms with van der Waals surface area (Å²) in [5.41, 5.74) is 4.02. The molecule has 0 aromatic heterocycles. The van der Waals surface area contributed by atoms with Crippen molar-refractivity contribution in [2.75, 3.05) is 18.4 Å². The first-order valence-electron chi connectivity index (χ1n) is 8.12. The molecule has 0 spiro atoms. The van der Waals surface area contributed by atoms with Crippen LogP contribution in [-0.2, 0) is 0 Å². The summed E-state index contributed by atoms with van der Waals surface area (Å²) < 4.78 is 0. The maximum atomic E-state index is 12.3. The topological polar surface area (TPSA) is 72.8 Å². The summed E-state index contributed by atoms with van der Waals surface area (Å²) in [6.45, 7) is 2.62. The lowest BCUT2D eigenvalue weighted by atomic mass is 10.0. The van der Waals surface area contributed by atoms with Gasteiger partial charge in [-0.25, -0.2) is 4.79 Å². The highest BCUT2D eigenvalue weighted by molar-refractivity contribution is 5.90. The lowest BCUT2D eigenvalue weighted by molar-refractivity contribution is -0.0263. The predicted molar refractivity (Wildman–Crippen MR) is 93.8 cm³/mol. The van der Waals surface area contributed by atoms with E-state index in [2.05, 4.69) is 11.4 Å². The zero-order chi connectivity index (χ0) is 17.1. The molecule has 126 valence electrons. The van der Waals surface area contributed by atoms with Crippen molar-refractivity contribution >= 4 is 11.7 Å². The van der Waals surface area contributed by atoms with E-state index in [1.807, 2.05) is 49.4 Å². The number of aryl methyl sites for hydroxylation is 1. The van der Waals surface area contributed by atoms with E-state index in [1.165, 1.54) is 10.5 Å². The summed E-state index contributed by atoms with van der Waals surface area (Å²) in [6, 6.07) is 15.6. The van der Waals surface area contributed by atoms with Gasteiger partial charge in [-0.3, -0.25) is 0 Å². The van der Waals surface area contributed by atoms with Gasteiger partial charge in [-0.1, -0.05) is 42.0 Å². The number of aliphatic hydroxyl groups is 2. The van der Waals surface area contributed by atoms with E-state index >= 15 is 0 Å². The van der Waals surface area contributed by atoms with E-state index in [9.17, 15) is 15.0 Å². The standard InChI is InChI=1S/C19H22N2O3/c1-13-4-2-5-14(10-13)15-6-3-7-16(11-15)20-19(24)21-9-8-17(22)18(23)12-21/h2-7,10-11,17-18,22-23H,8-9,12H2,1H3,(H,20,24)/t17-,18-/m1/s1. The Morgan fingerprint density at radius 3 is 2.50 bits per heavy atom. The number of carbonyl (C=O) groups is 1. The number of carbonyl (C=O) groups excluding carboxylic acids is 1. The summed E-state index contributed by atoms with van der Waals surface area (Å²) in [7, 11) is 0. The summed E-state index contributed by atoms with van der Waals surface area (Å²) in [4.78, 5) is 13.9. The van der Waals surface area contributed by atoms with Crippen molar-refractivity contribution in [3.05, 3.63) is 54.1 Å². The van der Waals surface area contributed by atoms with Gasteiger partial charge < -0.3 is 20.4 Å². The highest BCUT2D eigenvalue weighted by atomic mass is 16.3. The Morgan fingerprint density at radius 2 is 1.79 bits per heavy atom. The van der Waals surface area contributed by atoms with E-state index in [0.29, 0.717) is 18.7 Å². The number of rotatable bonds is 2. The van der Waals surface area contributed by atoms with Crippen LogP contribution >= 0.6 is 0 Å². The molecule has 5 heteroatoms. The van der Waals surface area contributed by atoms with E-state index in [4.69, 9.17) is 0 Å². The number of likely N-dealkylation sites (tertiary alicyclic amines) is 1. The monoisotopic (exact) mass is 326 g/mol. The fraction of sp³-hybridized carbons (Fsp3) is 0.316. The quantitative estimate of drug-likeness (QED) is 0.794. The molecule has 0 saturated carbocycles. The van der Waals surface area contributed by atoms with Crippen molar-refractivity contribution in [1.29, 1.82) is 0 Å². The molecular weight excluding hydrogens is 304 g/mol. The second-order valence-electron chi connectivity index (χ2n) is 6.25. The van der Waals surface area contributed by atoms with E-state index in [0.717, 1.165) is 11.1 Å². The second kappa shape index (κ2) is 7.03. The lowest BCUT2D eigenvalue weighted by Gasteiger charge is -2.33. The normalized spacial score (nSPS) is 20.7. The number of hydrogen-bond acceptors (Lipinski definition) is 3. The van der Waals surface area contributed by atoms with Gasteiger partial charge in [-0.05, 0) is 36.6 Å². The van der Waals surface area contributed by atoms with E-state index in [-0.39, 0.29) is 12.6 Å². The van der Waals surface area contributed by atoms with Crippen LogP contribution in [0.1, 0.15) is 12.0 Å². The molecule has 24 heavy (non-hydrogen) atoms. The lowest BCUT2D eigenvalue weighted by Crippen LogP contribution is -2.50. The summed E-state index contributed by atoms with van der Waals surface area (Å²) in [5, 5.41) is 22.1. The molecule has 0 bridgehead atoms. The molecule has 1 heterocycles. The van der Waals surface area contributed by atoms with Gasteiger partial charge in [0.2, 0.25) is 0 Å². The van der Waals surface area contributed by atoms with Crippen molar-refractivity contribution < 1.29 is 15.0 Å². The van der Waals surface area contributed by atoms with Gasteiger partial charge in [0.05, 0.1) is 18.8 Å². The van der Waals surface area contributed by atoms with E-state index in [1.54, 1.807) is 0 Å². The summed E-state index contributed by atoms with van der Waals surface area (Å²) >= 11 is 0. The van der Waals surface area contributed by atoms with Gasteiger partial charge in [-0.2, -0.15) is 0 Å². The van der Waals surface area contributed by atoms with Crippen LogP contribution in [0.4, 0.5) is 10.5 Å². The first kappa shape index (κ1) is 16.5. The molecular formula is C19H22N2O3. The van der Waals surface area contributed by atoms with Crippen molar-refractivity contribution in [2.45, 2.75) is 25.6 Å². The molecule has 3 N–H and O–H groups in total. The maximum Gasteiger partial charge on any atom is 0.321 e. The average Bonchev–Trinajstić information content (AvgIpc) is 2.57. The first-order chi connectivity index (χ1) is 11.5. The molecule has 1 saturated heterocycles. The Bertz CT molecular complexity index is 732. The van der Waals surface area contributed by atoms with Crippen molar-refractivity contribution in [1.82, 2.24) is 4.90 Å². The van der Waals surface area contributed by atoms with Gasteiger partial charge in [-0.15, -0.1) is 0 Å². The van der Waals surface area contributed by atoms with Crippen LogP contribution in [0.25, 0.3) is 11.1 Å². The van der Waals surface area contributed by atoms with Crippen LogP contribution in [0.2, 0.25) is 0 Å². The third-order valence-electron chi connectivity index (χ3n) is 4.30. The molecule has 2 aromatic rings. The molecule has 2 amide bonds. The molecule has 0 aliphatic carbocycles. The molecule has 1 aliphatic heterocycles. The third kappa shape index (κ3) is 3.75. The van der Waals surface area contributed by atoms with Crippen molar-refractivity contribution in [2.24, 2.45) is 0 Å². The Balaban J connectivity index is 1.72. The van der Waals surface area contributed by atoms with Crippen molar-refractivity contribution in [3.63, 3.8) is 0 Å². The number of piperidine rings is 1. The van der Waals surface area contributed by atoms with Gasteiger partial charge in [0.1, 0.15) is 0 Å². The molecule has 0 radical (unpaired) electrons. The maximum absolute atomic E-state index is 12.3. The summed E-state index contributed by atoms with van der Waals surface area (Å²) in [6.07, 6.45) is -1.25. The molecule has 1 fully saturated rings. The Labute approximate surface area is 141 Å². The third-order valence-corrected chi connectivity index (χ3v) is 4.30. The smallest absolute Gasteiger partial charge is 0.321 e. The number of benzene rings is 2. The number of urea groups is 1. The fourth-order valence-corrected chi connectivity index (χ4v) is 2.91. The summed E-state index contributed by atoms with van der Waals surface area (Å²) in [5.74, 6) is 0. The van der Waals surface area contributed by atoms with Crippen LogP contribution in [0.5, 0.6) is 0 Å². The number of anilines is 1. The minimum atomic E-state index is -0.886. The van der Waals surface area contributed by atoms with Gasteiger partial charge in [0.15, 0.2) is 0 Å². The zero-order valence-corrected chi connectivity index (χ0v) is 13.6. The van der Waals surface area contributed by atoms with Gasteiger partial charge >= 0.3 is 6.03 Å². The first-order valence-corrected chi connectivity index (χ1v) is 8.12. The van der Waals surface area contributed by atoms with Crippen LogP contribution in [0.3, 0.4) is 0 Å². The molecule has 2 atom stereocenters. The minimum absolute atomic E-state index is 0.143. The molecule has 3 rings (SSSR count). The molecule has 2 aromatic carbocycles. The number of amides is 2. The van der Waals surface area contributed by atoms with Crippen molar-refractivity contribution in [3.8, 4) is 11.1 Å². The van der Waals surface area contributed by atoms with Crippen LogP contribution in [0.15, 0.2) is 48.5 Å². The second-order valence-corrected chi connectivity index (χ2v) is 6.25. The Kier molecular flexibility index (Phi) is 4.83. The minimum Gasteiger partial charge on any atom is -0.390 e. The number of aliphatic hydroxyl groups excluding tert-OH is 2. The molecule has 0 unspecified atom stereocenters. The van der Waals surface area contributed by atoms with Crippen LogP contribution < -0.4 is 5.32 Å². The van der Waals surface area contributed by atoms with Gasteiger partial charge in [0, 0.05) is 12.2 Å². The SMILES string of the molecule is Cc1cccc(-c2cccc(NC(=O)N3CC[C@@H](O)[C@H](O)C3)c2)c1. The number of nitrogens with zero attached hydrogens (tertiary/aromatic N) is 1. The zero-order valence-electron chi connectivity index (χ0n) is 13.6. The number of β-amino-alcohol motifs (C(OH)–C–C–N with tert-alkyl or cyclic N) is 1. The fourth-order valence-electron chi connectivity index (χ4n) is 2.91. The predicted octanol–water partition coefficient (Wildman–Crippen LogP) is 2.62.